The molecule has 0 amide bonds. The Morgan fingerprint density at radius 1 is 1.43 bits per heavy atom. The van der Waals surface area contributed by atoms with Gasteiger partial charge in [-0.05, 0) is 30.5 Å². The smallest absolute Gasteiger partial charge is 0.328 e. The summed E-state index contributed by atoms with van der Waals surface area (Å²) in [5.41, 5.74) is 2.11. The van der Waals surface area contributed by atoms with Crippen LogP contribution in [0.2, 0.25) is 0 Å². The van der Waals surface area contributed by atoms with Gasteiger partial charge < -0.3 is 10.6 Å². The van der Waals surface area contributed by atoms with Crippen LogP contribution in [0.5, 0.6) is 0 Å². The van der Waals surface area contributed by atoms with Crippen LogP contribution in [0.15, 0.2) is 36.5 Å². The Morgan fingerprint density at radius 2 is 2.26 bits per heavy atom. The highest BCUT2D eigenvalue weighted by atomic mass is 16.6. The molecule has 1 atom stereocenters. The zero-order valence-electron chi connectivity index (χ0n) is 12.3. The monoisotopic (exact) mass is 309 g/mol. The zero-order valence-corrected chi connectivity index (χ0v) is 12.3. The topological polar surface area (TPSA) is 104 Å². The number of aryl methyl sites for hydroxylation is 1. The van der Waals surface area contributed by atoms with Crippen molar-refractivity contribution in [1.29, 1.82) is 5.26 Å². The number of pyridine rings is 1. The lowest BCUT2D eigenvalue weighted by molar-refractivity contribution is -0.384. The lowest BCUT2D eigenvalue weighted by atomic mass is 9.98. The molecule has 2 heterocycles. The van der Waals surface area contributed by atoms with E-state index >= 15 is 0 Å². The molecule has 3 rings (SSSR count). The van der Waals surface area contributed by atoms with E-state index in [0.29, 0.717) is 6.54 Å². The van der Waals surface area contributed by atoms with Gasteiger partial charge in [-0.2, -0.15) is 5.26 Å². The quantitative estimate of drug-likeness (QED) is 0.664. The molecule has 0 bridgehead atoms. The van der Waals surface area contributed by atoms with E-state index < -0.39 is 4.92 Å². The number of hydrogen-bond acceptors (Lipinski definition) is 6. The lowest BCUT2D eigenvalue weighted by Crippen LogP contribution is -2.32. The molecule has 0 spiro atoms. The predicted molar refractivity (Wildman–Crippen MR) is 86.3 cm³/mol. The first kappa shape index (κ1) is 14.8. The molecule has 0 radical (unpaired) electrons. The van der Waals surface area contributed by atoms with Gasteiger partial charge in [0.2, 0.25) is 5.82 Å². The highest BCUT2D eigenvalue weighted by molar-refractivity contribution is 5.64. The number of para-hydroxylation sites is 1. The highest BCUT2D eigenvalue weighted by Gasteiger charge is 2.23. The minimum atomic E-state index is -0.572. The van der Waals surface area contributed by atoms with Crippen molar-refractivity contribution in [3.05, 3.63) is 57.8 Å². The van der Waals surface area contributed by atoms with Crippen LogP contribution in [0.25, 0.3) is 0 Å². The van der Waals surface area contributed by atoms with Crippen LogP contribution in [0.4, 0.5) is 17.2 Å². The average Bonchev–Trinajstić information content (AvgIpc) is 2.59. The van der Waals surface area contributed by atoms with Crippen molar-refractivity contribution in [2.24, 2.45) is 0 Å². The van der Waals surface area contributed by atoms with E-state index in [1.807, 2.05) is 24.3 Å². The molecule has 0 aliphatic carbocycles. The van der Waals surface area contributed by atoms with Gasteiger partial charge in [0, 0.05) is 24.5 Å². The molecule has 23 heavy (non-hydrogen) atoms. The Bertz CT molecular complexity index is 784. The molecule has 0 unspecified atom stereocenters. The number of hydrogen-bond donors (Lipinski definition) is 2. The third-order valence-electron chi connectivity index (χ3n) is 3.88. The number of fused-ring (bicyclic) bond motifs is 1. The van der Waals surface area contributed by atoms with E-state index in [4.69, 9.17) is 5.26 Å². The van der Waals surface area contributed by atoms with E-state index in [1.54, 1.807) is 0 Å². The fraction of sp³-hybridized carbons (Fsp3) is 0.250. The molecule has 116 valence electrons. The highest BCUT2D eigenvalue weighted by Crippen LogP contribution is 2.27. The van der Waals surface area contributed by atoms with Crippen LogP contribution in [-0.4, -0.2) is 22.5 Å². The molecular formula is C16H15N5O2. The van der Waals surface area contributed by atoms with Crippen molar-refractivity contribution in [3.63, 3.8) is 0 Å². The van der Waals surface area contributed by atoms with E-state index in [-0.39, 0.29) is 23.1 Å². The second-order valence-electron chi connectivity index (χ2n) is 5.34. The van der Waals surface area contributed by atoms with Gasteiger partial charge in [-0.3, -0.25) is 10.1 Å². The SMILES string of the molecule is N#Cc1ccnc(NC[C@H]2CCc3ccccc3N2)c1[N+](=O)[O-]. The first-order valence-electron chi connectivity index (χ1n) is 7.31. The average molecular weight is 309 g/mol. The molecule has 2 aromatic rings. The van der Waals surface area contributed by atoms with Crippen molar-refractivity contribution < 1.29 is 4.92 Å². The molecule has 0 fully saturated rings. The number of nitro groups is 1. The summed E-state index contributed by atoms with van der Waals surface area (Å²) in [6.45, 7) is 0.497. The molecule has 7 nitrogen and oxygen atoms in total. The maximum absolute atomic E-state index is 11.2. The largest absolute Gasteiger partial charge is 0.380 e. The van der Waals surface area contributed by atoms with Gasteiger partial charge in [0.25, 0.3) is 0 Å². The van der Waals surface area contributed by atoms with Crippen LogP contribution < -0.4 is 10.6 Å². The van der Waals surface area contributed by atoms with E-state index in [9.17, 15) is 10.1 Å². The Labute approximate surface area is 133 Å². The maximum atomic E-state index is 11.2. The molecule has 7 heteroatoms. The Kier molecular flexibility index (Phi) is 4.06. The molecule has 1 aromatic carbocycles. The molecule has 1 aliphatic heterocycles. The van der Waals surface area contributed by atoms with Crippen molar-refractivity contribution in [3.8, 4) is 6.07 Å². The minimum absolute atomic E-state index is 0.00875. The first-order valence-corrected chi connectivity index (χ1v) is 7.31. The molecule has 1 aromatic heterocycles. The summed E-state index contributed by atoms with van der Waals surface area (Å²) in [6.07, 6.45) is 3.29. The molecule has 0 saturated heterocycles. The number of anilines is 2. The summed E-state index contributed by atoms with van der Waals surface area (Å²) in [4.78, 5) is 14.6. The number of nitrogens with zero attached hydrogens (tertiary/aromatic N) is 3. The van der Waals surface area contributed by atoms with Crippen LogP contribution in [-0.2, 0) is 6.42 Å². The van der Waals surface area contributed by atoms with Gasteiger partial charge in [0.05, 0.1) is 4.92 Å². The number of benzene rings is 1. The molecule has 1 aliphatic rings. The Balaban J connectivity index is 1.73. The van der Waals surface area contributed by atoms with Gasteiger partial charge in [-0.15, -0.1) is 0 Å². The molecular weight excluding hydrogens is 294 g/mol. The van der Waals surface area contributed by atoms with Crippen LogP contribution in [0, 0.1) is 21.4 Å². The number of rotatable bonds is 4. The summed E-state index contributed by atoms with van der Waals surface area (Å²) < 4.78 is 0. The van der Waals surface area contributed by atoms with Gasteiger partial charge >= 0.3 is 5.69 Å². The maximum Gasteiger partial charge on any atom is 0.328 e. The zero-order chi connectivity index (χ0) is 16.2. The molecule has 0 saturated carbocycles. The van der Waals surface area contributed by atoms with Crippen LogP contribution >= 0.6 is 0 Å². The number of nitrogens with one attached hydrogen (secondary N) is 2. The van der Waals surface area contributed by atoms with Gasteiger partial charge in [0.15, 0.2) is 0 Å². The van der Waals surface area contributed by atoms with E-state index in [0.717, 1.165) is 18.5 Å². The van der Waals surface area contributed by atoms with Crippen molar-refractivity contribution >= 4 is 17.2 Å². The standard InChI is InChI=1S/C16H15N5O2/c17-9-12-7-8-18-16(15(12)21(22)23)19-10-13-6-5-11-3-1-2-4-14(11)20-13/h1-4,7-8,13,20H,5-6,10H2,(H,18,19)/t13-/m1/s1. The third-order valence-corrected chi connectivity index (χ3v) is 3.88. The molecule has 2 N–H and O–H groups in total. The summed E-state index contributed by atoms with van der Waals surface area (Å²) in [6, 6.07) is 11.4. The lowest BCUT2D eigenvalue weighted by Gasteiger charge is -2.27. The van der Waals surface area contributed by atoms with Gasteiger partial charge in [-0.1, -0.05) is 18.2 Å². The van der Waals surface area contributed by atoms with Crippen molar-refractivity contribution in [2.75, 3.05) is 17.2 Å². The van der Waals surface area contributed by atoms with Crippen molar-refractivity contribution in [2.45, 2.75) is 18.9 Å². The Morgan fingerprint density at radius 3 is 3.04 bits per heavy atom. The summed E-state index contributed by atoms with van der Waals surface area (Å²) in [7, 11) is 0. The fourth-order valence-electron chi connectivity index (χ4n) is 2.73. The predicted octanol–water partition coefficient (Wildman–Crippen LogP) is 2.70. The van der Waals surface area contributed by atoms with Crippen molar-refractivity contribution in [1.82, 2.24) is 4.98 Å². The minimum Gasteiger partial charge on any atom is -0.380 e. The Hall–Kier alpha value is -3.14. The number of aromatic nitrogens is 1. The second kappa shape index (κ2) is 6.32. The van der Waals surface area contributed by atoms with Crippen LogP contribution in [0.1, 0.15) is 17.5 Å². The number of nitriles is 1. The summed E-state index contributed by atoms with van der Waals surface area (Å²) in [5, 5.41) is 26.6. The van der Waals surface area contributed by atoms with E-state index in [1.165, 1.54) is 17.8 Å². The fourth-order valence-corrected chi connectivity index (χ4v) is 2.73. The summed E-state index contributed by atoms with van der Waals surface area (Å²) in [5.74, 6) is 0.134. The van der Waals surface area contributed by atoms with E-state index in [2.05, 4.69) is 21.7 Å². The van der Waals surface area contributed by atoms with Gasteiger partial charge in [-0.25, -0.2) is 4.98 Å². The first-order chi connectivity index (χ1) is 11.2. The summed E-state index contributed by atoms with van der Waals surface area (Å²) >= 11 is 0. The van der Waals surface area contributed by atoms with Crippen LogP contribution in [0.3, 0.4) is 0 Å². The second-order valence-corrected chi connectivity index (χ2v) is 5.34. The van der Waals surface area contributed by atoms with Gasteiger partial charge in [0.1, 0.15) is 11.6 Å². The normalized spacial score (nSPS) is 15.9. The third kappa shape index (κ3) is 3.06.